The molecule has 1 rings (SSSR count). The fourth-order valence-corrected chi connectivity index (χ4v) is 1.34. The molecule has 0 aliphatic rings. The fourth-order valence-electron chi connectivity index (χ4n) is 1.34. The molecule has 0 aliphatic heterocycles. The Morgan fingerprint density at radius 3 is 2.93 bits per heavy atom. The number of aromatic nitrogens is 2. The van der Waals surface area contributed by atoms with Gasteiger partial charge in [-0.25, -0.2) is 4.98 Å². The highest BCUT2D eigenvalue weighted by Crippen LogP contribution is 1.93. The van der Waals surface area contributed by atoms with Gasteiger partial charge in [-0.05, 0) is 25.9 Å². The van der Waals surface area contributed by atoms with E-state index in [1.54, 1.807) is 6.33 Å². The number of nitrogens with one attached hydrogen (secondary N) is 2. The molecule has 4 nitrogen and oxygen atoms in total. The summed E-state index contributed by atoms with van der Waals surface area (Å²) in [6.45, 7) is 2.92. The highest BCUT2D eigenvalue weighted by atomic mass is 14.9. The number of nitrogens with two attached hydrogens (primary N) is 1. The van der Waals surface area contributed by atoms with Crippen molar-refractivity contribution in [2.45, 2.75) is 25.7 Å². The van der Waals surface area contributed by atoms with Crippen molar-refractivity contribution in [3.05, 3.63) is 18.2 Å². The van der Waals surface area contributed by atoms with Crippen LogP contribution in [0.3, 0.4) is 0 Å². The van der Waals surface area contributed by atoms with E-state index in [2.05, 4.69) is 15.3 Å². The van der Waals surface area contributed by atoms with Crippen LogP contribution in [0.25, 0.3) is 0 Å². The average Bonchev–Trinajstić information content (AvgIpc) is 2.69. The molecule has 1 aromatic rings. The summed E-state index contributed by atoms with van der Waals surface area (Å²) in [5.41, 5.74) is 6.60. The van der Waals surface area contributed by atoms with Crippen LogP contribution < -0.4 is 11.1 Å². The average molecular weight is 196 g/mol. The highest BCUT2D eigenvalue weighted by Gasteiger charge is 1.92. The summed E-state index contributed by atoms with van der Waals surface area (Å²) in [6, 6.07) is 0. The van der Waals surface area contributed by atoms with Gasteiger partial charge in [0.1, 0.15) is 0 Å². The minimum Gasteiger partial charge on any atom is -0.348 e. The van der Waals surface area contributed by atoms with Gasteiger partial charge in [0, 0.05) is 24.9 Å². The third kappa shape index (κ3) is 4.99. The third-order valence-electron chi connectivity index (χ3n) is 2.18. The first kappa shape index (κ1) is 11.2. The number of imidazole rings is 1. The second-order valence-electron chi connectivity index (χ2n) is 3.43. The lowest BCUT2D eigenvalue weighted by atomic mass is 10.2. The monoisotopic (exact) mass is 196 g/mol. The number of aromatic amines is 1. The molecule has 14 heavy (non-hydrogen) atoms. The van der Waals surface area contributed by atoms with E-state index in [4.69, 9.17) is 5.73 Å². The van der Waals surface area contributed by atoms with Crippen LogP contribution in [-0.4, -0.2) is 29.6 Å². The van der Waals surface area contributed by atoms with Gasteiger partial charge in [0.15, 0.2) is 0 Å². The summed E-state index contributed by atoms with van der Waals surface area (Å²) in [5.74, 6) is 0. The Morgan fingerprint density at radius 1 is 1.29 bits per heavy atom. The quantitative estimate of drug-likeness (QED) is 0.535. The molecule has 4 heteroatoms. The zero-order valence-corrected chi connectivity index (χ0v) is 8.63. The predicted octanol–water partition coefficient (Wildman–Crippen LogP) is 0.671. The zero-order valence-electron chi connectivity index (χ0n) is 8.63. The smallest absolute Gasteiger partial charge is 0.0921 e. The van der Waals surface area contributed by atoms with Gasteiger partial charge in [-0.2, -0.15) is 0 Å². The summed E-state index contributed by atoms with van der Waals surface area (Å²) in [6.07, 6.45) is 8.21. The predicted molar refractivity (Wildman–Crippen MR) is 58.1 cm³/mol. The number of H-pyrrole nitrogens is 1. The summed E-state index contributed by atoms with van der Waals surface area (Å²) in [4.78, 5) is 7.05. The lowest BCUT2D eigenvalue weighted by Crippen LogP contribution is -2.18. The molecule has 0 saturated carbocycles. The van der Waals surface area contributed by atoms with Crippen molar-refractivity contribution in [1.29, 1.82) is 0 Å². The van der Waals surface area contributed by atoms with Crippen LogP contribution in [0.2, 0.25) is 0 Å². The van der Waals surface area contributed by atoms with Crippen LogP contribution in [0, 0.1) is 0 Å². The Balaban J connectivity index is 1.85. The lowest BCUT2D eigenvalue weighted by Gasteiger charge is -2.02. The molecule has 1 heterocycles. The number of rotatable bonds is 8. The molecule has 1 aromatic heterocycles. The normalized spacial score (nSPS) is 10.6. The van der Waals surface area contributed by atoms with E-state index in [-0.39, 0.29) is 0 Å². The SMILES string of the molecule is NCCCCCNCCc1cnc[nH]1. The molecule has 0 atom stereocenters. The molecule has 0 saturated heterocycles. The van der Waals surface area contributed by atoms with Crippen molar-refractivity contribution in [1.82, 2.24) is 15.3 Å². The Bertz CT molecular complexity index is 208. The second kappa shape index (κ2) is 7.53. The van der Waals surface area contributed by atoms with Crippen LogP contribution in [-0.2, 0) is 6.42 Å². The Labute approximate surface area is 85.3 Å². The Kier molecular flexibility index (Phi) is 6.02. The number of hydrogen-bond donors (Lipinski definition) is 3. The second-order valence-corrected chi connectivity index (χ2v) is 3.43. The number of hydrogen-bond acceptors (Lipinski definition) is 3. The molecule has 0 aliphatic carbocycles. The maximum absolute atomic E-state index is 5.40. The molecular weight excluding hydrogens is 176 g/mol. The van der Waals surface area contributed by atoms with Crippen molar-refractivity contribution in [3.63, 3.8) is 0 Å². The Hall–Kier alpha value is -0.870. The van der Waals surface area contributed by atoms with Gasteiger partial charge in [-0.15, -0.1) is 0 Å². The van der Waals surface area contributed by atoms with Crippen LogP contribution >= 0.6 is 0 Å². The topological polar surface area (TPSA) is 66.7 Å². The molecule has 0 fully saturated rings. The first-order valence-corrected chi connectivity index (χ1v) is 5.31. The van der Waals surface area contributed by atoms with Crippen molar-refractivity contribution >= 4 is 0 Å². The summed E-state index contributed by atoms with van der Waals surface area (Å²) < 4.78 is 0. The molecular formula is C10H20N4. The summed E-state index contributed by atoms with van der Waals surface area (Å²) in [7, 11) is 0. The van der Waals surface area contributed by atoms with Crippen molar-refractivity contribution in [3.8, 4) is 0 Å². The van der Waals surface area contributed by atoms with Gasteiger partial charge in [0.05, 0.1) is 6.33 Å². The van der Waals surface area contributed by atoms with Gasteiger partial charge < -0.3 is 16.0 Å². The first-order valence-electron chi connectivity index (χ1n) is 5.31. The van der Waals surface area contributed by atoms with Crippen LogP contribution in [0.5, 0.6) is 0 Å². The van der Waals surface area contributed by atoms with E-state index < -0.39 is 0 Å². The summed E-state index contributed by atoms with van der Waals surface area (Å²) in [5, 5.41) is 3.39. The highest BCUT2D eigenvalue weighted by molar-refractivity contribution is 4.94. The summed E-state index contributed by atoms with van der Waals surface area (Å²) >= 11 is 0. The van der Waals surface area contributed by atoms with E-state index in [0.717, 1.165) is 32.5 Å². The molecule has 0 unspecified atom stereocenters. The first-order chi connectivity index (χ1) is 6.93. The molecule has 0 aromatic carbocycles. The van der Waals surface area contributed by atoms with Crippen LogP contribution in [0.15, 0.2) is 12.5 Å². The van der Waals surface area contributed by atoms with E-state index in [9.17, 15) is 0 Å². The molecule has 0 radical (unpaired) electrons. The maximum Gasteiger partial charge on any atom is 0.0921 e. The molecule has 0 bridgehead atoms. The van der Waals surface area contributed by atoms with Crippen molar-refractivity contribution in [2.24, 2.45) is 5.73 Å². The Morgan fingerprint density at radius 2 is 2.21 bits per heavy atom. The van der Waals surface area contributed by atoms with Crippen LogP contribution in [0.1, 0.15) is 25.0 Å². The van der Waals surface area contributed by atoms with Gasteiger partial charge in [0.25, 0.3) is 0 Å². The minimum atomic E-state index is 0.814. The molecule has 80 valence electrons. The third-order valence-corrected chi connectivity index (χ3v) is 2.18. The van der Waals surface area contributed by atoms with E-state index in [1.165, 1.54) is 18.5 Å². The van der Waals surface area contributed by atoms with Crippen molar-refractivity contribution < 1.29 is 0 Å². The maximum atomic E-state index is 5.40. The minimum absolute atomic E-state index is 0.814. The standard InChI is InChI=1S/C10H20N4/c11-5-2-1-3-6-12-7-4-10-8-13-9-14-10/h8-9,12H,1-7,11H2,(H,13,14). The van der Waals surface area contributed by atoms with Gasteiger partial charge in [-0.1, -0.05) is 6.42 Å². The van der Waals surface area contributed by atoms with E-state index in [0.29, 0.717) is 0 Å². The molecule has 0 amide bonds. The number of nitrogens with zero attached hydrogens (tertiary/aromatic N) is 1. The van der Waals surface area contributed by atoms with Crippen LogP contribution in [0.4, 0.5) is 0 Å². The van der Waals surface area contributed by atoms with Gasteiger partial charge in [-0.3, -0.25) is 0 Å². The molecule has 4 N–H and O–H groups in total. The lowest BCUT2D eigenvalue weighted by molar-refractivity contribution is 0.605. The largest absolute Gasteiger partial charge is 0.348 e. The fraction of sp³-hybridized carbons (Fsp3) is 0.700. The molecule has 0 spiro atoms. The van der Waals surface area contributed by atoms with Gasteiger partial charge in [0.2, 0.25) is 0 Å². The zero-order chi connectivity index (χ0) is 10.1. The van der Waals surface area contributed by atoms with Gasteiger partial charge >= 0.3 is 0 Å². The number of unbranched alkanes of at least 4 members (excludes halogenated alkanes) is 2. The van der Waals surface area contributed by atoms with Crippen molar-refractivity contribution in [2.75, 3.05) is 19.6 Å². The van der Waals surface area contributed by atoms with E-state index >= 15 is 0 Å². The van der Waals surface area contributed by atoms with E-state index in [1.807, 2.05) is 6.20 Å².